The molecule has 2 aliphatic rings. The number of carboxylic acid groups (broad SMARTS) is 1. The predicted octanol–water partition coefficient (Wildman–Crippen LogP) is 3.24. The molecule has 27 heavy (non-hydrogen) atoms. The van der Waals surface area contributed by atoms with Crippen LogP contribution in [0.25, 0.3) is 0 Å². The van der Waals surface area contributed by atoms with Crippen LogP contribution in [-0.4, -0.2) is 46.8 Å². The van der Waals surface area contributed by atoms with Crippen LogP contribution in [0.2, 0.25) is 0 Å². The van der Waals surface area contributed by atoms with Crippen LogP contribution in [0.5, 0.6) is 0 Å². The van der Waals surface area contributed by atoms with Crippen LogP contribution in [-0.2, 0) is 15.7 Å². The van der Waals surface area contributed by atoms with Crippen molar-refractivity contribution in [2.75, 3.05) is 13.2 Å². The molecular formula is C20H28NO5P. The zero-order valence-electron chi connectivity index (χ0n) is 15.5. The van der Waals surface area contributed by atoms with Crippen molar-refractivity contribution in [1.29, 1.82) is 0 Å². The number of ether oxygens (including phenoxy) is 1. The van der Waals surface area contributed by atoms with E-state index in [4.69, 9.17) is 9.84 Å². The van der Waals surface area contributed by atoms with Crippen LogP contribution >= 0.6 is 8.46 Å². The van der Waals surface area contributed by atoms with Crippen LogP contribution in [0.1, 0.15) is 54.4 Å². The molecule has 3 rings (SSSR count). The van der Waals surface area contributed by atoms with Crippen molar-refractivity contribution in [3.8, 4) is 0 Å². The molecule has 148 valence electrons. The Morgan fingerprint density at radius 3 is 2.48 bits per heavy atom. The van der Waals surface area contributed by atoms with Crippen molar-refractivity contribution in [1.82, 2.24) is 5.32 Å². The third-order valence-corrected chi connectivity index (χ3v) is 6.55. The molecule has 1 aromatic rings. The minimum absolute atomic E-state index is 0.0826. The molecule has 6 nitrogen and oxygen atoms in total. The molecule has 0 spiro atoms. The molecule has 1 saturated heterocycles. The third-order valence-electron chi connectivity index (χ3n) is 5.76. The highest BCUT2D eigenvalue weighted by Crippen LogP contribution is 2.39. The molecule has 0 radical (unpaired) electrons. The molecule has 2 fully saturated rings. The summed E-state index contributed by atoms with van der Waals surface area (Å²) >= 11 is 0. The van der Waals surface area contributed by atoms with Gasteiger partial charge in [-0.3, -0.25) is 4.57 Å². The normalized spacial score (nSPS) is 26.6. The van der Waals surface area contributed by atoms with Crippen molar-refractivity contribution in [2.24, 2.45) is 5.92 Å². The van der Waals surface area contributed by atoms with Crippen molar-refractivity contribution in [3.05, 3.63) is 35.4 Å². The molecule has 1 aliphatic carbocycles. The van der Waals surface area contributed by atoms with E-state index in [-0.39, 0.29) is 20.1 Å². The first-order chi connectivity index (χ1) is 13.0. The maximum atomic E-state index is 11.8. The highest BCUT2D eigenvalue weighted by atomic mass is 31.1. The van der Waals surface area contributed by atoms with Gasteiger partial charge in [0.2, 0.25) is 0 Å². The van der Waals surface area contributed by atoms with Gasteiger partial charge in [-0.15, -0.1) is 0 Å². The van der Waals surface area contributed by atoms with E-state index in [1.807, 2.05) is 12.1 Å². The van der Waals surface area contributed by atoms with E-state index in [1.54, 1.807) is 12.1 Å². The maximum absolute atomic E-state index is 11.8. The van der Waals surface area contributed by atoms with E-state index in [0.29, 0.717) is 31.9 Å². The Morgan fingerprint density at radius 1 is 1.22 bits per heavy atom. The number of aliphatic hydroxyl groups is 1. The van der Waals surface area contributed by atoms with Gasteiger partial charge >= 0.3 is 5.97 Å². The Bertz CT molecular complexity index is 638. The smallest absolute Gasteiger partial charge is 0.335 e. The number of carbonyl (C=O) groups is 1. The fourth-order valence-corrected chi connectivity index (χ4v) is 4.78. The average molecular weight is 393 g/mol. The standard InChI is InChI=1S/C20H28NO5P/c22-19(23)16-8-6-14(7-9-16)10-17-13-26-18(12-21-17)20(24,27-25)11-15-4-2-1-3-5-15/h6-9,15,17-18,21,24H,1-5,10-13H2,(H,22,23)/t17-,18-,20?/m1/s1. The zero-order chi connectivity index (χ0) is 19.3. The molecule has 0 bridgehead atoms. The summed E-state index contributed by atoms with van der Waals surface area (Å²) in [7, 11) is -0.265. The minimum Gasteiger partial charge on any atom is -0.478 e. The van der Waals surface area contributed by atoms with Crippen molar-refractivity contribution >= 4 is 14.4 Å². The number of carboxylic acids is 1. The molecule has 1 aromatic carbocycles. The van der Waals surface area contributed by atoms with Crippen LogP contribution in [0.4, 0.5) is 0 Å². The number of hydrogen-bond donors (Lipinski definition) is 3. The molecule has 3 N–H and O–H groups in total. The highest BCUT2D eigenvalue weighted by Gasteiger charge is 2.43. The van der Waals surface area contributed by atoms with Crippen molar-refractivity contribution in [3.63, 3.8) is 0 Å². The van der Waals surface area contributed by atoms with Gasteiger partial charge in [0.1, 0.15) is 6.10 Å². The van der Waals surface area contributed by atoms with E-state index < -0.39 is 17.4 Å². The van der Waals surface area contributed by atoms with Crippen LogP contribution in [0.15, 0.2) is 24.3 Å². The van der Waals surface area contributed by atoms with E-state index in [9.17, 15) is 14.5 Å². The fraction of sp³-hybridized carbons (Fsp3) is 0.650. The largest absolute Gasteiger partial charge is 0.478 e. The summed E-state index contributed by atoms with van der Waals surface area (Å²) in [4.78, 5) is 10.9. The second kappa shape index (κ2) is 9.24. The van der Waals surface area contributed by atoms with Gasteiger partial charge in [0.25, 0.3) is 0 Å². The molecule has 7 heteroatoms. The van der Waals surface area contributed by atoms with Gasteiger partial charge in [0.15, 0.2) is 13.8 Å². The zero-order valence-corrected chi connectivity index (χ0v) is 16.4. The number of hydrogen-bond acceptors (Lipinski definition) is 5. The Kier molecular flexibility index (Phi) is 6.99. The summed E-state index contributed by atoms with van der Waals surface area (Å²) in [6.45, 7) is 0.879. The van der Waals surface area contributed by atoms with Gasteiger partial charge in [-0.25, -0.2) is 4.79 Å². The van der Waals surface area contributed by atoms with Gasteiger partial charge in [-0.05, 0) is 36.5 Å². The first kappa shape index (κ1) is 20.4. The number of benzene rings is 1. The third kappa shape index (κ3) is 5.35. The van der Waals surface area contributed by atoms with Crippen molar-refractivity contribution < 1.29 is 24.3 Å². The number of aromatic carboxylic acids is 1. The molecule has 1 saturated carbocycles. The van der Waals surface area contributed by atoms with E-state index in [1.165, 1.54) is 19.3 Å². The molecule has 1 unspecified atom stereocenters. The Balaban J connectivity index is 1.52. The van der Waals surface area contributed by atoms with Gasteiger partial charge in [-0.2, -0.15) is 0 Å². The minimum atomic E-state index is -1.33. The first-order valence-electron chi connectivity index (χ1n) is 9.74. The lowest BCUT2D eigenvalue weighted by Gasteiger charge is -2.39. The van der Waals surface area contributed by atoms with Gasteiger partial charge in [-0.1, -0.05) is 44.2 Å². The summed E-state index contributed by atoms with van der Waals surface area (Å²) in [6, 6.07) is 6.91. The Labute approximate surface area is 161 Å². The van der Waals surface area contributed by atoms with Gasteiger partial charge in [0, 0.05) is 12.6 Å². The van der Waals surface area contributed by atoms with Gasteiger partial charge < -0.3 is 20.3 Å². The number of morpholine rings is 1. The lowest BCUT2D eigenvalue weighted by atomic mass is 9.84. The van der Waals surface area contributed by atoms with Crippen LogP contribution in [0, 0.1) is 5.92 Å². The predicted molar refractivity (Wildman–Crippen MR) is 102 cm³/mol. The SMILES string of the molecule is O=PC(O)(CC1CCCCC1)[C@H]1CN[C@H](Cc2ccc(C(=O)O)cc2)CO1. The summed E-state index contributed by atoms with van der Waals surface area (Å²) in [5.41, 5.74) is 1.30. The molecule has 3 atom stereocenters. The first-order valence-corrected chi connectivity index (χ1v) is 10.6. The quantitative estimate of drug-likeness (QED) is 0.616. The summed E-state index contributed by atoms with van der Waals surface area (Å²) in [6.07, 6.45) is 6.55. The summed E-state index contributed by atoms with van der Waals surface area (Å²) < 4.78 is 17.7. The van der Waals surface area contributed by atoms with Crippen LogP contribution < -0.4 is 5.32 Å². The number of rotatable bonds is 7. The second-order valence-electron chi connectivity index (χ2n) is 7.81. The molecule has 0 amide bonds. The van der Waals surface area contributed by atoms with E-state index >= 15 is 0 Å². The Hall–Kier alpha value is -1.33. The monoisotopic (exact) mass is 393 g/mol. The van der Waals surface area contributed by atoms with Gasteiger partial charge in [0.05, 0.1) is 12.2 Å². The lowest BCUT2D eigenvalue weighted by Crippen LogP contribution is -2.55. The Morgan fingerprint density at radius 2 is 1.93 bits per heavy atom. The molecule has 1 heterocycles. The molecular weight excluding hydrogens is 365 g/mol. The molecule has 1 aliphatic heterocycles. The van der Waals surface area contributed by atoms with Crippen molar-refractivity contribution in [2.45, 2.75) is 62.4 Å². The summed E-state index contributed by atoms with van der Waals surface area (Å²) in [5.74, 6) is -0.517. The lowest BCUT2D eigenvalue weighted by molar-refractivity contribution is -0.0942. The van der Waals surface area contributed by atoms with E-state index in [0.717, 1.165) is 18.4 Å². The summed E-state index contributed by atoms with van der Waals surface area (Å²) in [5, 5.41) is 21.9. The topological polar surface area (TPSA) is 95.9 Å². The van der Waals surface area contributed by atoms with Crippen LogP contribution in [0.3, 0.4) is 0 Å². The maximum Gasteiger partial charge on any atom is 0.335 e. The average Bonchev–Trinajstić information content (AvgIpc) is 2.69. The highest BCUT2D eigenvalue weighted by molar-refractivity contribution is 7.25. The van der Waals surface area contributed by atoms with E-state index in [2.05, 4.69) is 5.32 Å². The second-order valence-corrected chi connectivity index (χ2v) is 8.77. The number of nitrogens with one attached hydrogen (secondary N) is 1. The molecule has 0 aromatic heterocycles. The fourth-order valence-electron chi connectivity index (χ4n) is 4.16.